The van der Waals surface area contributed by atoms with E-state index in [-0.39, 0.29) is 0 Å². The molecule has 0 aromatic carbocycles. The molecule has 0 amide bonds. The van der Waals surface area contributed by atoms with E-state index in [2.05, 4.69) is 20.2 Å². The van der Waals surface area contributed by atoms with Crippen molar-refractivity contribution < 1.29 is 4.74 Å². The number of likely N-dealkylation sites (tertiary alicyclic amines) is 1. The molecule has 5 nitrogen and oxygen atoms in total. The van der Waals surface area contributed by atoms with Gasteiger partial charge in [-0.1, -0.05) is 6.92 Å². The lowest BCUT2D eigenvalue weighted by Gasteiger charge is -2.15. The Balaban J connectivity index is 1.87. The fourth-order valence-corrected chi connectivity index (χ4v) is 2.12. The highest BCUT2D eigenvalue weighted by molar-refractivity contribution is 5.37. The summed E-state index contributed by atoms with van der Waals surface area (Å²) >= 11 is 0. The molecule has 100 valence electrons. The van der Waals surface area contributed by atoms with E-state index in [0.717, 1.165) is 24.6 Å². The zero-order valence-corrected chi connectivity index (χ0v) is 11.3. The van der Waals surface area contributed by atoms with Gasteiger partial charge >= 0.3 is 0 Å². The minimum atomic E-state index is 0.672. The highest BCUT2D eigenvalue weighted by Gasteiger charge is 2.11. The highest BCUT2D eigenvalue weighted by atomic mass is 16.5. The quantitative estimate of drug-likeness (QED) is 0.830. The number of hydrogen-bond donors (Lipinski definition) is 1. The second-order valence-electron chi connectivity index (χ2n) is 4.51. The van der Waals surface area contributed by atoms with Gasteiger partial charge in [0.05, 0.1) is 0 Å². The minimum Gasteiger partial charge on any atom is -0.476 e. The summed E-state index contributed by atoms with van der Waals surface area (Å²) in [4.78, 5) is 11.1. The SMILES string of the molecule is CCc1nc(NC)cc(OCCN2CCCC2)n1. The molecule has 0 bridgehead atoms. The first-order valence-corrected chi connectivity index (χ1v) is 6.72. The van der Waals surface area contributed by atoms with Crippen LogP contribution in [0.2, 0.25) is 0 Å². The van der Waals surface area contributed by atoms with Gasteiger partial charge < -0.3 is 10.1 Å². The molecule has 1 saturated heterocycles. The maximum absolute atomic E-state index is 5.72. The third-order valence-corrected chi connectivity index (χ3v) is 3.18. The van der Waals surface area contributed by atoms with Gasteiger partial charge in [-0.3, -0.25) is 4.90 Å². The maximum Gasteiger partial charge on any atom is 0.218 e. The molecule has 0 unspecified atom stereocenters. The van der Waals surface area contributed by atoms with Crippen molar-refractivity contribution in [3.05, 3.63) is 11.9 Å². The Morgan fingerprint density at radius 1 is 1.33 bits per heavy atom. The zero-order chi connectivity index (χ0) is 12.8. The summed E-state index contributed by atoms with van der Waals surface area (Å²) in [5, 5.41) is 3.03. The average Bonchev–Trinajstić information content (AvgIpc) is 2.91. The van der Waals surface area contributed by atoms with Crippen molar-refractivity contribution in [2.45, 2.75) is 26.2 Å². The normalized spacial score (nSPS) is 15.9. The highest BCUT2D eigenvalue weighted by Crippen LogP contribution is 2.14. The van der Waals surface area contributed by atoms with Gasteiger partial charge in [-0.2, -0.15) is 4.98 Å². The van der Waals surface area contributed by atoms with Crippen molar-refractivity contribution >= 4 is 5.82 Å². The lowest BCUT2D eigenvalue weighted by Crippen LogP contribution is -2.25. The van der Waals surface area contributed by atoms with E-state index in [9.17, 15) is 0 Å². The first-order chi connectivity index (χ1) is 8.81. The van der Waals surface area contributed by atoms with Crippen molar-refractivity contribution in [2.75, 3.05) is 38.6 Å². The number of aryl methyl sites for hydroxylation is 1. The molecule has 2 heterocycles. The van der Waals surface area contributed by atoms with Crippen LogP contribution in [0.4, 0.5) is 5.82 Å². The molecule has 18 heavy (non-hydrogen) atoms. The van der Waals surface area contributed by atoms with E-state index in [1.54, 1.807) is 0 Å². The molecule has 0 atom stereocenters. The fraction of sp³-hybridized carbons (Fsp3) is 0.692. The topological polar surface area (TPSA) is 50.3 Å². The second kappa shape index (κ2) is 6.54. The first-order valence-electron chi connectivity index (χ1n) is 6.72. The molecule has 0 saturated carbocycles. The molecule has 5 heteroatoms. The predicted molar refractivity (Wildman–Crippen MR) is 72.1 cm³/mol. The van der Waals surface area contributed by atoms with E-state index >= 15 is 0 Å². The van der Waals surface area contributed by atoms with Gasteiger partial charge in [0.15, 0.2) is 0 Å². The number of hydrogen-bond acceptors (Lipinski definition) is 5. The van der Waals surface area contributed by atoms with Gasteiger partial charge in [-0.05, 0) is 25.9 Å². The summed E-state index contributed by atoms with van der Waals surface area (Å²) < 4.78 is 5.72. The molecule has 0 radical (unpaired) electrons. The molecule has 1 N–H and O–H groups in total. The van der Waals surface area contributed by atoms with Gasteiger partial charge in [0.1, 0.15) is 18.2 Å². The van der Waals surface area contributed by atoms with Gasteiger partial charge in [0.25, 0.3) is 0 Å². The molecule has 2 rings (SSSR count). The van der Waals surface area contributed by atoms with Gasteiger partial charge in [-0.15, -0.1) is 0 Å². The second-order valence-corrected chi connectivity index (χ2v) is 4.51. The third-order valence-electron chi connectivity index (χ3n) is 3.18. The fourth-order valence-electron chi connectivity index (χ4n) is 2.12. The molecule has 1 aromatic heterocycles. The standard InChI is InChI=1S/C13H22N4O/c1-3-11-15-12(14-2)10-13(16-11)18-9-8-17-6-4-5-7-17/h10H,3-9H2,1-2H3,(H,14,15,16). The Kier molecular flexibility index (Phi) is 4.75. The van der Waals surface area contributed by atoms with E-state index < -0.39 is 0 Å². The lowest BCUT2D eigenvalue weighted by molar-refractivity contribution is 0.231. The van der Waals surface area contributed by atoms with Gasteiger partial charge in [-0.25, -0.2) is 4.98 Å². The molecule has 1 aliphatic rings. The predicted octanol–water partition coefficient (Wildman–Crippen LogP) is 1.56. The van der Waals surface area contributed by atoms with E-state index in [1.165, 1.54) is 25.9 Å². The van der Waals surface area contributed by atoms with Crippen LogP contribution in [0.15, 0.2) is 6.07 Å². The summed E-state index contributed by atoms with van der Waals surface area (Å²) in [6.45, 7) is 6.14. The number of aromatic nitrogens is 2. The molecule has 1 aromatic rings. The van der Waals surface area contributed by atoms with Crippen LogP contribution in [0.1, 0.15) is 25.6 Å². The number of nitrogens with one attached hydrogen (secondary N) is 1. The van der Waals surface area contributed by atoms with E-state index in [0.29, 0.717) is 12.5 Å². The average molecular weight is 250 g/mol. The summed E-state index contributed by atoms with van der Waals surface area (Å²) in [6.07, 6.45) is 3.45. The molecular formula is C13H22N4O. The summed E-state index contributed by atoms with van der Waals surface area (Å²) in [6, 6.07) is 1.85. The van der Waals surface area contributed by atoms with Crippen molar-refractivity contribution in [2.24, 2.45) is 0 Å². The number of anilines is 1. The van der Waals surface area contributed by atoms with Crippen LogP contribution in [0.5, 0.6) is 5.88 Å². The largest absolute Gasteiger partial charge is 0.476 e. The Bertz CT molecular complexity index is 355. The van der Waals surface area contributed by atoms with Crippen LogP contribution < -0.4 is 10.1 Å². The molecule has 1 aliphatic heterocycles. The van der Waals surface area contributed by atoms with Crippen LogP contribution in [0.25, 0.3) is 0 Å². The molecule has 0 aliphatic carbocycles. The minimum absolute atomic E-state index is 0.672. The summed E-state index contributed by atoms with van der Waals surface area (Å²) in [5.74, 6) is 2.31. The lowest BCUT2D eigenvalue weighted by atomic mass is 10.4. The molecule has 0 spiro atoms. The Hall–Kier alpha value is -1.36. The number of ether oxygens (including phenoxy) is 1. The Labute approximate surface area is 109 Å². The van der Waals surface area contributed by atoms with Crippen molar-refractivity contribution in [1.29, 1.82) is 0 Å². The van der Waals surface area contributed by atoms with Gasteiger partial charge in [0, 0.05) is 26.1 Å². The van der Waals surface area contributed by atoms with Crippen LogP contribution >= 0.6 is 0 Å². The van der Waals surface area contributed by atoms with Crippen LogP contribution in [-0.2, 0) is 6.42 Å². The smallest absolute Gasteiger partial charge is 0.218 e. The van der Waals surface area contributed by atoms with Crippen LogP contribution in [-0.4, -0.2) is 48.2 Å². The Morgan fingerprint density at radius 3 is 2.78 bits per heavy atom. The van der Waals surface area contributed by atoms with Crippen molar-refractivity contribution in [1.82, 2.24) is 14.9 Å². The number of rotatable bonds is 6. The molecule has 1 fully saturated rings. The van der Waals surface area contributed by atoms with Crippen molar-refractivity contribution in [3.8, 4) is 5.88 Å². The molecular weight excluding hydrogens is 228 g/mol. The van der Waals surface area contributed by atoms with E-state index in [1.807, 2.05) is 20.0 Å². The monoisotopic (exact) mass is 250 g/mol. The third kappa shape index (κ3) is 3.57. The van der Waals surface area contributed by atoms with E-state index in [4.69, 9.17) is 4.74 Å². The Morgan fingerprint density at radius 2 is 2.11 bits per heavy atom. The summed E-state index contributed by atoms with van der Waals surface area (Å²) in [5.41, 5.74) is 0. The zero-order valence-electron chi connectivity index (χ0n) is 11.3. The maximum atomic E-state index is 5.72. The van der Waals surface area contributed by atoms with Crippen LogP contribution in [0, 0.1) is 0 Å². The summed E-state index contributed by atoms with van der Waals surface area (Å²) in [7, 11) is 1.86. The van der Waals surface area contributed by atoms with Crippen LogP contribution in [0.3, 0.4) is 0 Å². The van der Waals surface area contributed by atoms with Gasteiger partial charge in [0.2, 0.25) is 5.88 Å². The first kappa shape index (κ1) is 13.1. The number of nitrogens with zero attached hydrogens (tertiary/aromatic N) is 3. The van der Waals surface area contributed by atoms with Crippen molar-refractivity contribution in [3.63, 3.8) is 0 Å².